The molecule has 2 N–H and O–H groups in total. The van der Waals surface area contributed by atoms with Crippen molar-refractivity contribution in [2.75, 3.05) is 32.7 Å². The summed E-state index contributed by atoms with van der Waals surface area (Å²) in [5.41, 5.74) is 3.29. The molecule has 4 rings (SSSR count). The number of nitrogens with zero attached hydrogens (tertiary/aromatic N) is 2. The minimum atomic E-state index is -0.710. The molecule has 1 atom stereocenters. The van der Waals surface area contributed by atoms with Crippen LogP contribution in [0.1, 0.15) is 42.4 Å². The topological polar surface area (TPSA) is 81.1 Å². The van der Waals surface area contributed by atoms with Crippen LogP contribution < -0.4 is 0 Å². The summed E-state index contributed by atoms with van der Waals surface area (Å²) >= 11 is 0. The number of carbonyl (C=O) groups excluding carboxylic acids is 1. The summed E-state index contributed by atoms with van der Waals surface area (Å²) in [6.45, 7) is 3.83. The monoisotopic (exact) mass is 374 g/mol. The van der Waals surface area contributed by atoms with Gasteiger partial charge in [0.2, 0.25) is 5.91 Å². The number of carbonyl (C=O) groups is 2. The third kappa shape index (κ3) is 5.08. The van der Waals surface area contributed by atoms with Crippen LogP contribution in [0.2, 0.25) is 0 Å². The van der Waals surface area contributed by atoms with Crippen molar-refractivity contribution in [3.63, 3.8) is 0 Å². The first-order chi connectivity index (χ1) is 13.0. The van der Waals surface area contributed by atoms with Gasteiger partial charge in [-0.3, -0.25) is 9.59 Å². The van der Waals surface area contributed by atoms with E-state index >= 15 is 0 Å². The lowest BCUT2D eigenvalue weighted by Gasteiger charge is -2.28. The average molecular weight is 374 g/mol. The summed E-state index contributed by atoms with van der Waals surface area (Å²) in [6.07, 6.45) is 7.21. The second kappa shape index (κ2) is 8.85. The van der Waals surface area contributed by atoms with Crippen LogP contribution in [0, 0.1) is 0 Å². The molecule has 1 aliphatic carbocycles. The van der Waals surface area contributed by atoms with Crippen LogP contribution in [-0.4, -0.2) is 70.7 Å². The van der Waals surface area contributed by atoms with E-state index in [0.29, 0.717) is 25.9 Å². The van der Waals surface area contributed by atoms with E-state index < -0.39 is 5.60 Å². The van der Waals surface area contributed by atoms with Crippen LogP contribution in [0.15, 0.2) is 18.2 Å². The van der Waals surface area contributed by atoms with Gasteiger partial charge in [0.05, 0.1) is 18.6 Å². The Kier molecular flexibility index (Phi) is 6.50. The number of hydrogen-bond donors (Lipinski definition) is 2. The summed E-state index contributed by atoms with van der Waals surface area (Å²) in [5.74, 6) is 0.158. The molecule has 3 aliphatic rings. The van der Waals surface area contributed by atoms with Crippen LogP contribution >= 0.6 is 0 Å². The highest BCUT2D eigenvalue weighted by Gasteiger charge is 2.39. The van der Waals surface area contributed by atoms with Crippen LogP contribution in [0.25, 0.3) is 0 Å². The number of aryl methyl sites for hydroxylation is 2. The highest BCUT2D eigenvalue weighted by molar-refractivity contribution is 5.79. The summed E-state index contributed by atoms with van der Waals surface area (Å²) < 4.78 is 0. The van der Waals surface area contributed by atoms with Crippen molar-refractivity contribution in [1.29, 1.82) is 0 Å². The number of aliphatic hydroxyl groups is 1. The zero-order valence-corrected chi connectivity index (χ0v) is 15.9. The highest BCUT2D eigenvalue weighted by Crippen LogP contribution is 2.26. The molecule has 0 saturated carbocycles. The second-order valence-corrected chi connectivity index (χ2v) is 8.01. The molecule has 1 aromatic rings. The summed E-state index contributed by atoms with van der Waals surface area (Å²) in [7, 11) is 0. The number of hydrogen-bond acceptors (Lipinski definition) is 4. The lowest BCUT2D eigenvalue weighted by Crippen LogP contribution is -2.45. The molecule has 1 unspecified atom stereocenters. The maximum absolute atomic E-state index is 12.6. The van der Waals surface area contributed by atoms with Crippen molar-refractivity contribution in [2.24, 2.45) is 0 Å². The standard InChI is InChI=1S/C20H28N2O2.CH2O2/c23-19(13-16-6-7-17-4-3-5-18(17)12-16)22-11-8-20(24,15-22)14-21-9-1-2-10-21;2-1-3/h6-7,12,24H,1-5,8-11,13-15H2;1H,(H,2,3). The molecule has 27 heavy (non-hydrogen) atoms. The van der Waals surface area contributed by atoms with Crippen LogP contribution in [-0.2, 0) is 28.9 Å². The minimum absolute atomic E-state index is 0.158. The van der Waals surface area contributed by atoms with Gasteiger partial charge in [-0.25, -0.2) is 0 Å². The van der Waals surface area contributed by atoms with Gasteiger partial charge in [0.15, 0.2) is 0 Å². The molecular formula is C21H30N2O4. The number of benzene rings is 1. The molecule has 6 heteroatoms. The molecule has 0 bridgehead atoms. The first-order valence-corrected chi connectivity index (χ1v) is 9.94. The third-order valence-electron chi connectivity index (χ3n) is 5.92. The predicted molar refractivity (Wildman–Crippen MR) is 103 cm³/mol. The average Bonchev–Trinajstić information content (AvgIpc) is 3.36. The number of likely N-dealkylation sites (tertiary alicyclic amines) is 2. The van der Waals surface area contributed by atoms with Crippen molar-refractivity contribution < 1.29 is 19.8 Å². The summed E-state index contributed by atoms with van der Waals surface area (Å²) in [6, 6.07) is 6.51. The fourth-order valence-corrected chi connectivity index (χ4v) is 4.58. The van der Waals surface area contributed by atoms with Gasteiger partial charge < -0.3 is 20.0 Å². The Bertz CT molecular complexity index is 672. The third-order valence-corrected chi connectivity index (χ3v) is 5.92. The Morgan fingerprint density at radius 3 is 2.56 bits per heavy atom. The first kappa shape index (κ1) is 19.8. The van der Waals surface area contributed by atoms with Crippen molar-refractivity contribution >= 4 is 12.4 Å². The maximum atomic E-state index is 12.6. The number of carboxylic acid groups (broad SMARTS) is 1. The summed E-state index contributed by atoms with van der Waals surface area (Å²) in [5, 5.41) is 17.7. The predicted octanol–water partition coefficient (Wildman–Crippen LogP) is 1.48. The molecular weight excluding hydrogens is 344 g/mol. The van der Waals surface area contributed by atoms with Crippen molar-refractivity contribution in [3.05, 3.63) is 34.9 Å². The van der Waals surface area contributed by atoms with E-state index in [2.05, 4.69) is 23.1 Å². The van der Waals surface area contributed by atoms with E-state index in [0.717, 1.165) is 31.6 Å². The smallest absolute Gasteiger partial charge is 0.290 e. The van der Waals surface area contributed by atoms with Crippen molar-refractivity contribution in [1.82, 2.24) is 9.80 Å². The van der Waals surface area contributed by atoms with E-state index in [9.17, 15) is 9.90 Å². The van der Waals surface area contributed by atoms with Crippen LogP contribution in [0.5, 0.6) is 0 Å². The number of rotatable bonds is 4. The fraction of sp³-hybridized carbons (Fsp3) is 0.619. The van der Waals surface area contributed by atoms with E-state index in [1.165, 1.54) is 36.8 Å². The Morgan fingerprint density at radius 1 is 1.11 bits per heavy atom. The lowest BCUT2D eigenvalue weighted by atomic mass is 10.0. The molecule has 0 radical (unpaired) electrons. The van der Waals surface area contributed by atoms with Gasteiger partial charge in [-0.2, -0.15) is 0 Å². The first-order valence-electron chi connectivity index (χ1n) is 9.94. The number of fused-ring (bicyclic) bond motifs is 1. The Hall–Kier alpha value is -1.92. The fourth-order valence-electron chi connectivity index (χ4n) is 4.58. The maximum Gasteiger partial charge on any atom is 0.290 e. The normalized spacial score (nSPS) is 24.4. The number of β-amino-alcohol motifs (C(OH)–C–C–N with tert-alkyl or cyclic N) is 1. The van der Waals surface area contributed by atoms with Gasteiger partial charge >= 0.3 is 0 Å². The Labute approximate surface area is 160 Å². The molecule has 0 aromatic heterocycles. The van der Waals surface area contributed by atoms with Crippen LogP contribution in [0.3, 0.4) is 0 Å². The lowest BCUT2D eigenvalue weighted by molar-refractivity contribution is -0.130. The van der Waals surface area contributed by atoms with Crippen molar-refractivity contribution in [2.45, 2.75) is 50.5 Å². The molecule has 2 aliphatic heterocycles. The summed E-state index contributed by atoms with van der Waals surface area (Å²) in [4.78, 5) is 25.2. The molecule has 1 amide bonds. The van der Waals surface area contributed by atoms with E-state index in [4.69, 9.17) is 9.90 Å². The zero-order chi connectivity index (χ0) is 19.3. The number of amides is 1. The van der Waals surface area contributed by atoms with Gasteiger partial charge in [-0.1, -0.05) is 18.2 Å². The van der Waals surface area contributed by atoms with E-state index in [1.54, 1.807) is 0 Å². The largest absolute Gasteiger partial charge is 0.483 e. The molecule has 2 saturated heterocycles. The Morgan fingerprint density at radius 2 is 1.81 bits per heavy atom. The zero-order valence-electron chi connectivity index (χ0n) is 15.9. The minimum Gasteiger partial charge on any atom is -0.483 e. The van der Waals surface area contributed by atoms with Crippen LogP contribution in [0.4, 0.5) is 0 Å². The molecule has 2 fully saturated rings. The molecule has 6 nitrogen and oxygen atoms in total. The van der Waals surface area contributed by atoms with E-state index in [-0.39, 0.29) is 12.4 Å². The molecule has 148 valence electrons. The SMILES string of the molecule is O=C(Cc1ccc2c(c1)CCC2)N1CCC(O)(CN2CCCC2)C1.O=CO. The van der Waals surface area contributed by atoms with Gasteiger partial charge in [0, 0.05) is 13.1 Å². The van der Waals surface area contributed by atoms with E-state index in [1.807, 2.05) is 4.90 Å². The van der Waals surface area contributed by atoms with Gasteiger partial charge in [0.1, 0.15) is 0 Å². The van der Waals surface area contributed by atoms with Gasteiger partial charge in [0.25, 0.3) is 6.47 Å². The van der Waals surface area contributed by atoms with Gasteiger partial charge in [-0.15, -0.1) is 0 Å². The Balaban J connectivity index is 0.000000659. The molecule has 0 spiro atoms. The molecule has 1 aromatic carbocycles. The molecule has 2 heterocycles. The second-order valence-electron chi connectivity index (χ2n) is 8.01. The highest BCUT2D eigenvalue weighted by atomic mass is 16.3. The van der Waals surface area contributed by atoms with Gasteiger partial charge in [-0.05, 0) is 68.3 Å². The quantitative estimate of drug-likeness (QED) is 0.780. The van der Waals surface area contributed by atoms with Crippen molar-refractivity contribution in [3.8, 4) is 0 Å².